The summed E-state index contributed by atoms with van der Waals surface area (Å²) < 4.78 is 11.4. The first-order valence-electron chi connectivity index (χ1n) is 42.7. The van der Waals surface area contributed by atoms with Crippen LogP contribution in [0.1, 0.15) is 476 Å². The lowest BCUT2D eigenvalue weighted by atomic mass is 9.99. The Bertz CT molecular complexity index is 1430. The van der Waals surface area contributed by atoms with Gasteiger partial charge in [0.25, 0.3) is 0 Å². The fourth-order valence-electron chi connectivity index (χ4n) is 14.6. The number of carbonyl (C=O) groups excluding carboxylic acids is 1. The molecule has 1 amide bonds. The fraction of sp³-hybridized carbons (Fsp3) is 0.988. The molecule has 1 heterocycles. The second-order valence-electron chi connectivity index (χ2n) is 30.4. The average molecular weight is 1320 g/mol. The molecule has 9 heteroatoms. The molecule has 1 fully saturated rings. The minimum absolute atomic E-state index is 0.130. The van der Waals surface area contributed by atoms with E-state index >= 15 is 0 Å². The Morgan fingerprint density at radius 3 is 0.763 bits per heavy atom. The molecule has 556 valence electrons. The summed E-state index contributed by atoms with van der Waals surface area (Å²) in [4.78, 5) is 13.2. The highest BCUT2D eigenvalue weighted by atomic mass is 16.7. The Balaban J connectivity index is 2.01. The lowest BCUT2D eigenvalue weighted by Crippen LogP contribution is -2.60. The van der Waals surface area contributed by atoms with Gasteiger partial charge in [-0.25, -0.2) is 0 Å². The molecule has 1 aliphatic heterocycles. The van der Waals surface area contributed by atoms with Crippen molar-refractivity contribution in [2.75, 3.05) is 13.2 Å². The van der Waals surface area contributed by atoms with Gasteiger partial charge in [-0.15, -0.1) is 0 Å². The molecule has 0 aromatic carbocycles. The van der Waals surface area contributed by atoms with E-state index in [1.165, 1.54) is 411 Å². The SMILES string of the molecule is CCCCCCCCCCCCCCCCCCCCCCCCCCCCCCCCCCCCCCCCC(=O)NC(COC1OC(CO)C(O)C(O)C1O)C(O)CCCCCCCCCCCCCCCCCCCCCCCCCCCCCCCCCC. The maximum atomic E-state index is 13.2. The van der Waals surface area contributed by atoms with Crippen molar-refractivity contribution in [1.29, 1.82) is 0 Å². The number of hydrogen-bond acceptors (Lipinski definition) is 8. The van der Waals surface area contributed by atoms with Crippen LogP contribution in [0.25, 0.3) is 0 Å². The summed E-state index contributed by atoms with van der Waals surface area (Å²) in [6, 6.07) is -0.717. The molecule has 0 saturated carbocycles. The summed E-state index contributed by atoms with van der Waals surface area (Å²) >= 11 is 0. The van der Waals surface area contributed by atoms with Gasteiger partial charge in [0.2, 0.25) is 5.91 Å². The van der Waals surface area contributed by atoms with E-state index in [1.807, 2.05) is 0 Å². The van der Waals surface area contributed by atoms with E-state index in [1.54, 1.807) is 0 Å². The molecule has 7 unspecified atom stereocenters. The first-order chi connectivity index (χ1) is 45.8. The quantitative estimate of drug-likeness (QED) is 0.0330. The highest BCUT2D eigenvalue weighted by molar-refractivity contribution is 5.76. The summed E-state index contributed by atoms with van der Waals surface area (Å²) in [5.41, 5.74) is 0. The molecule has 0 aliphatic carbocycles. The third-order valence-electron chi connectivity index (χ3n) is 21.2. The number of rotatable bonds is 78. The van der Waals surface area contributed by atoms with Crippen LogP contribution < -0.4 is 5.32 Å². The first kappa shape index (κ1) is 90.2. The second kappa shape index (κ2) is 73.9. The summed E-state index contributed by atoms with van der Waals surface area (Å²) in [6.07, 6.45) is 89.6. The number of nitrogens with one attached hydrogen (secondary N) is 1. The number of unbranched alkanes of at least 4 members (excludes halogenated alkanes) is 68. The minimum Gasteiger partial charge on any atom is -0.394 e. The van der Waals surface area contributed by atoms with Crippen LogP contribution in [0, 0.1) is 0 Å². The van der Waals surface area contributed by atoms with Gasteiger partial charge in [-0.05, 0) is 12.8 Å². The number of amides is 1. The Morgan fingerprint density at radius 1 is 0.323 bits per heavy atom. The van der Waals surface area contributed by atoms with Crippen LogP contribution in [-0.2, 0) is 14.3 Å². The topological polar surface area (TPSA) is 149 Å². The van der Waals surface area contributed by atoms with Gasteiger partial charge in [-0.1, -0.05) is 457 Å². The highest BCUT2D eigenvalue weighted by Crippen LogP contribution is 2.25. The van der Waals surface area contributed by atoms with Crippen molar-refractivity contribution in [1.82, 2.24) is 5.32 Å². The van der Waals surface area contributed by atoms with Gasteiger partial charge < -0.3 is 40.3 Å². The van der Waals surface area contributed by atoms with Crippen LogP contribution >= 0.6 is 0 Å². The van der Waals surface area contributed by atoms with Crippen molar-refractivity contribution < 1.29 is 39.8 Å². The Morgan fingerprint density at radius 2 is 0.538 bits per heavy atom. The van der Waals surface area contributed by atoms with Crippen molar-refractivity contribution in [3.8, 4) is 0 Å². The summed E-state index contributed by atoms with van der Waals surface area (Å²) in [6.45, 7) is 3.93. The molecule has 1 rings (SSSR count). The smallest absolute Gasteiger partial charge is 0.220 e. The highest BCUT2D eigenvalue weighted by Gasteiger charge is 2.44. The van der Waals surface area contributed by atoms with Crippen LogP contribution in [-0.4, -0.2) is 87.5 Å². The normalized spacial score (nSPS) is 17.4. The van der Waals surface area contributed by atoms with E-state index in [-0.39, 0.29) is 12.5 Å². The molecular weight excluding hydrogens is 1150 g/mol. The molecule has 9 nitrogen and oxygen atoms in total. The van der Waals surface area contributed by atoms with Crippen LogP contribution in [0.3, 0.4) is 0 Å². The van der Waals surface area contributed by atoms with Gasteiger partial charge in [0.05, 0.1) is 25.4 Å². The first-order valence-corrected chi connectivity index (χ1v) is 42.7. The van der Waals surface area contributed by atoms with E-state index in [2.05, 4.69) is 19.2 Å². The second-order valence-corrected chi connectivity index (χ2v) is 30.4. The van der Waals surface area contributed by atoms with Crippen LogP contribution in [0.4, 0.5) is 0 Å². The molecule has 0 aromatic heterocycles. The van der Waals surface area contributed by atoms with Crippen molar-refractivity contribution in [3.05, 3.63) is 0 Å². The van der Waals surface area contributed by atoms with E-state index in [4.69, 9.17) is 9.47 Å². The molecule has 0 spiro atoms. The number of aliphatic hydroxyl groups is 5. The van der Waals surface area contributed by atoms with Gasteiger partial charge in [0.15, 0.2) is 6.29 Å². The zero-order valence-electron chi connectivity index (χ0n) is 62.8. The largest absolute Gasteiger partial charge is 0.394 e. The van der Waals surface area contributed by atoms with Crippen LogP contribution in [0.2, 0.25) is 0 Å². The zero-order chi connectivity index (χ0) is 67.1. The van der Waals surface area contributed by atoms with Crippen molar-refractivity contribution in [3.63, 3.8) is 0 Å². The summed E-state index contributed by atoms with van der Waals surface area (Å²) in [5.74, 6) is -0.131. The third kappa shape index (κ3) is 62.0. The van der Waals surface area contributed by atoms with Gasteiger partial charge >= 0.3 is 0 Å². The molecular formula is C84H167NO8. The predicted molar refractivity (Wildman–Crippen MR) is 401 cm³/mol. The number of carbonyl (C=O) groups is 1. The van der Waals surface area contributed by atoms with E-state index < -0.39 is 49.5 Å². The molecule has 0 aromatic rings. The number of hydrogen-bond donors (Lipinski definition) is 6. The van der Waals surface area contributed by atoms with E-state index in [0.717, 1.165) is 38.5 Å². The number of ether oxygens (including phenoxy) is 2. The van der Waals surface area contributed by atoms with Gasteiger partial charge in [-0.3, -0.25) is 4.79 Å². The predicted octanol–water partition coefficient (Wildman–Crippen LogP) is 24.8. The number of aliphatic hydroxyl groups excluding tert-OH is 5. The average Bonchev–Trinajstić information content (AvgIpc) is 1.02. The molecule has 93 heavy (non-hydrogen) atoms. The van der Waals surface area contributed by atoms with E-state index in [9.17, 15) is 30.3 Å². The molecule has 1 aliphatic rings. The summed E-state index contributed by atoms with van der Waals surface area (Å²) in [5, 5.41) is 55.2. The Kier molecular flexibility index (Phi) is 71.7. The van der Waals surface area contributed by atoms with Crippen LogP contribution in [0.5, 0.6) is 0 Å². The van der Waals surface area contributed by atoms with Gasteiger partial charge in [0.1, 0.15) is 24.4 Å². The standard InChI is InChI=1S/C84H167NO8/c1-3-5-7-9-11-13-15-17-19-21-23-25-27-29-31-33-35-37-38-39-40-41-42-44-46-48-50-52-54-56-58-60-62-64-66-68-70-72-74-80(88)85-77(76-92-84-83(91)82(90)81(89)79(75-86)93-84)78(87)73-71-69-67-65-63-61-59-57-55-53-51-49-47-45-43-36-34-32-30-28-26-24-22-20-18-16-14-12-10-8-6-4-2/h77-79,81-84,86-87,89-91H,3-76H2,1-2H3,(H,85,88). The lowest BCUT2D eigenvalue weighted by Gasteiger charge is -2.40. The van der Waals surface area contributed by atoms with Gasteiger partial charge in [-0.2, -0.15) is 0 Å². The molecule has 0 bridgehead atoms. The molecule has 7 atom stereocenters. The van der Waals surface area contributed by atoms with Crippen LogP contribution in [0.15, 0.2) is 0 Å². The van der Waals surface area contributed by atoms with Crippen molar-refractivity contribution >= 4 is 5.91 Å². The fourth-order valence-corrected chi connectivity index (χ4v) is 14.6. The Labute approximate surface area is 580 Å². The zero-order valence-corrected chi connectivity index (χ0v) is 62.8. The van der Waals surface area contributed by atoms with Crippen molar-refractivity contribution in [2.45, 2.75) is 519 Å². The third-order valence-corrected chi connectivity index (χ3v) is 21.2. The maximum absolute atomic E-state index is 13.2. The molecule has 1 saturated heterocycles. The lowest BCUT2D eigenvalue weighted by molar-refractivity contribution is -0.302. The molecule has 6 N–H and O–H groups in total. The maximum Gasteiger partial charge on any atom is 0.220 e. The molecule has 0 radical (unpaired) electrons. The summed E-state index contributed by atoms with van der Waals surface area (Å²) in [7, 11) is 0. The minimum atomic E-state index is -1.55. The van der Waals surface area contributed by atoms with Gasteiger partial charge in [0, 0.05) is 6.42 Å². The monoisotopic (exact) mass is 1320 g/mol. The van der Waals surface area contributed by atoms with E-state index in [0.29, 0.717) is 12.8 Å². The van der Waals surface area contributed by atoms with Crippen molar-refractivity contribution in [2.24, 2.45) is 0 Å². The Hall–Kier alpha value is -0.810.